The lowest BCUT2D eigenvalue weighted by atomic mass is 9.34. The van der Waals surface area contributed by atoms with E-state index in [0.717, 1.165) is 22.3 Å². The highest BCUT2D eigenvalue weighted by Gasteiger charge is 2.83. The van der Waals surface area contributed by atoms with Gasteiger partial charge in [-0.3, -0.25) is 9.59 Å². The normalized spacial score (nSPS) is 26.9. The predicted molar refractivity (Wildman–Crippen MR) is 136 cm³/mol. The Balaban J connectivity index is 1.66. The van der Waals surface area contributed by atoms with E-state index >= 15 is 0 Å². The van der Waals surface area contributed by atoms with Gasteiger partial charge in [0.05, 0.1) is 14.2 Å². The van der Waals surface area contributed by atoms with E-state index in [2.05, 4.69) is 24.3 Å². The van der Waals surface area contributed by atoms with Crippen LogP contribution in [0.3, 0.4) is 0 Å². The second kappa shape index (κ2) is 7.17. The molecule has 0 saturated heterocycles. The summed E-state index contributed by atoms with van der Waals surface area (Å²) >= 11 is 0. The summed E-state index contributed by atoms with van der Waals surface area (Å²) in [7, 11) is 3.21. The Hall–Kier alpha value is -4.18. The lowest BCUT2D eigenvalue weighted by molar-refractivity contribution is 0.00359. The molecule has 0 spiro atoms. The van der Waals surface area contributed by atoms with Crippen molar-refractivity contribution < 1.29 is 19.1 Å². The lowest BCUT2D eigenvalue weighted by Crippen LogP contribution is -2.70. The Morgan fingerprint density at radius 1 is 0.556 bits per heavy atom. The van der Waals surface area contributed by atoms with E-state index in [-0.39, 0.29) is 11.6 Å². The number of hydrogen-bond acceptors (Lipinski definition) is 4. The van der Waals surface area contributed by atoms with Crippen LogP contribution in [0.5, 0.6) is 11.5 Å². The first-order valence-corrected chi connectivity index (χ1v) is 12.2. The molecular weight excluding hydrogens is 448 g/mol. The fraction of sp³-hybridized carbons (Fsp3) is 0.188. The highest BCUT2D eigenvalue weighted by molar-refractivity contribution is 6.17. The summed E-state index contributed by atoms with van der Waals surface area (Å²) in [6, 6.07) is 32.1. The van der Waals surface area contributed by atoms with E-state index in [0.29, 0.717) is 22.6 Å². The summed E-state index contributed by atoms with van der Waals surface area (Å²) in [5, 5.41) is 0. The number of carbonyl (C=O) groups is 2. The number of fused-ring (bicyclic) bond motifs is 8. The van der Waals surface area contributed by atoms with E-state index in [1.807, 2.05) is 72.8 Å². The summed E-state index contributed by atoms with van der Waals surface area (Å²) in [4.78, 5) is 28.4. The molecule has 4 aromatic rings. The number of methoxy groups -OCH3 is 2. The van der Waals surface area contributed by atoms with Gasteiger partial charge >= 0.3 is 0 Å². The standard InChI is InChI=1S/C32H24O4/c1-35-21-13-15-25-23(17-21)29(33)27-28-30(34)24-18-22(36-2)14-16-26(24)32(28,20-11-7-4-8-12-20)31(25,27)19-9-5-3-6-10-19/h3-18,27-28H,1-2H3. The summed E-state index contributed by atoms with van der Waals surface area (Å²) in [5.41, 5.74) is 3.85. The number of benzene rings is 4. The molecule has 4 nitrogen and oxygen atoms in total. The van der Waals surface area contributed by atoms with Gasteiger partial charge < -0.3 is 9.47 Å². The third kappa shape index (κ3) is 2.17. The largest absolute Gasteiger partial charge is 0.497 e. The first kappa shape index (κ1) is 21.1. The van der Waals surface area contributed by atoms with Gasteiger partial charge in [-0.2, -0.15) is 0 Å². The smallest absolute Gasteiger partial charge is 0.168 e. The zero-order chi connectivity index (χ0) is 24.7. The van der Waals surface area contributed by atoms with Crippen LogP contribution in [0, 0.1) is 11.8 Å². The molecule has 4 unspecified atom stereocenters. The van der Waals surface area contributed by atoms with Crippen molar-refractivity contribution >= 4 is 11.6 Å². The molecule has 4 aromatic carbocycles. The van der Waals surface area contributed by atoms with Gasteiger partial charge in [0.15, 0.2) is 11.6 Å². The Kier molecular flexibility index (Phi) is 4.21. The maximum Gasteiger partial charge on any atom is 0.168 e. The fourth-order valence-corrected chi connectivity index (χ4v) is 7.61. The highest BCUT2D eigenvalue weighted by Crippen LogP contribution is 2.78. The van der Waals surface area contributed by atoms with Crippen LogP contribution < -0.4 is 9.47 Å². The van der Waals surface area contributed by atoms with Crippen molar-refractivity contribution in [2.45, 2.75) is 10.8 Å². The average molecular weight is 473 g/mol. The summed E-state index contributed by atoms with van der Waals surface area (Å²) in [5.74, 6) is 0.292. The Morgan fingerprint density at radius 2 is 0.944 bits per heavy atom. The van der Waals surface area contributed by atoms with Crippen LogP contribution in [-0.2, 0) is 10.8 Å². The van der Waals surface area contributed by atoms with Crippen molar-refractivity contribution in [3.8, 4) is 11.5 Å². The first-order valence-electron chi connectivity index (χ1n) is 12.2. The van der Waals surface area contributed by atoms with Gasteiger partial charge in [0, 0.05) is 33.8 Å². The van der Waals surface area contributed by atoms with Gasteiger partial charge in [0.1, 0.15) is 11.5 Å². The Bertz CT molecular complexity index is 1440. The molecule has 7 rings (SSSR count). The van der Waals surface area contributed by atoms with Crippen LogP contribution in [-0.4, -0.2) is 25.8 Å². The third-order valence-corrected chi connectivity index (χ3v) is 8.75. The monoisotopic (exact) mass is 472 g/mol. The van der Waals surface area contributed by atoms with Gasteiger partial charge in [0.25, 0.3) is 0 Å². The van der Waals surface area contributed by atoms with E-state index in [9.17, 15) is 9.59 Å². The van der Waals surface area contributed by atoms with Crippen molar-refractivity contribution in [2.24, 2.45) is 11.8 Å². The molecule has 3 aliphatic carbocycles. The van der Waals surface area contributed by atoms with Gasteiger partial charge in [-0.25, -0.2) is 0 Å². The van der Waals surface area contributed by atoms with Gasteiger partial charge in [0.2, 0.25) is 0 Å². The van der Waals surface area contributed by atoms with Crippen LogP contribution in [0.4, 0.5) is 0 Å². The molecule has 1 saturated carbocycles. The zero-order valence-corrected chi connectivity index (χ0v) is 20.0. The minimum Gasteiger partial charge on any atom is -0.497 e. The first-order chi connectivity index (χ1) is 17.6. The highest BCUT2D eigenvalue weighted by atomic mass is 16.5. The second-order valence-corrected chi connectivity index (χ2v) is 9.85. The molecule has 0 aliphatic heterocycles. The van der Waals surface area contributed by atoms with Gasteiger partial charge in [-0.05, 0) is 46.5 Å². The molecule has 0 aromatic heterocycles. The molecule has 0 N–H and O–H groups in total. The van der Waals surface area contributed by atoms with E-state index in [1.54, 1.807) is 14.2 Å². The molecule has 0 amide bonds. The lowest BCUT2D eigenvalue weighted by Gasteiger charge is -2.64. The van der Waals surface area contributed by atoms with E-state index in [4.69, 9.17) is 9.47 Å². The van der Waals surface area contributed by atoms with Crippen LogP contribution in [0.25, 0.3) is 0 Å². The number of carbonyl (C=O) groups excluding carboxylic acids is 2. The molecule has 0 bridgehead atoms. The van der Waals surface area contributed by atoms with Crippen LogP contribution in [0.2, 0.25) is 0 Å². The quantitative estimate of drug-likeness (QED) is 0.387. The molecule has 36 heavy (non-hydrogen) atoms. The maximum atomic E-state index is 14.2. The minimum absolute atomic E-state index is 0.0115. The van der Waals surface area contributed by atoms with Crippen molar-refractivity contribution in [2.75, 3.05) is 14.2 Å². The zero-order valence-electron chi connectivity index (χ0n) is 20.0. The molecule has 4 heteroatoms. The average Bonchev–Trinajstić information content (AvgIpc) is 3.28. The van der Waals surface area contributed by atoms with E-state index in [1.165, 1.54) is 0 Å². The number of hydrogen-bond donors (Lipinski definition) is 0. The number of rotatable bonds is 4. The second-order valence-electron chi connectivity index (χ2n) is 9.85. The molecule has 0 heterocycles. The molecular formula is C32H24O4. The SMILES string of the molecule is COc1ccc2c(c1)C(=O)C1C3C(=O)c4cc(OC)ccc4C3(c3ccccc3)C21c1ccccc1. The topological polar surface area (TPSA) is 52.6 Å². The van der Waals surface area contributed by atoms with Crippen molar-refractivity contribution in [3.63, 3.8) is 0 Å². The third-order valence-electron chi connectivity index (χ3n) is 8.75. The molecule has 0 radical (unpaired) electrons. The minimum atomic E-state index is -0.728. The number of Topliss-reactive ketones (excluding diaryl/α,β-unsaturated/α-hetero) is 2. The summed E-state index contributed by atoms with van der Waals surface area (Å²) in [6.07, 6.45) is 0. The van der Waals surface area contributed by atoms with E-state index < -0.39 is 22.7 Å². The number of ketones is 2. The predicted octanol–water partition coefficient (Wildman–Crippen LogP) is 5.61. The Morgan fingerprint density at radius 3 is 1.31 bits per heavy atom. The summed E-state index contributed by atoms with van der Waals surface area (Å²) < 4.78 is 11.0. The van der Waals surface area contributed by atoms with Crippen molar-refractivity contribution in [3.05, 3.63) is 130 Å². The summed E-state index contributed by atoms with van der Waals surface area (Å²) in [6.45, 7) is 0. The number of ether oxygens (including phenoxy) is 2. The van der Waals surface area contributed by atoms with Gasteiger partial charge in [-0.15, -0.1) is 0 Å². The maximum absolute atomic E-state index is 14.2. The fourth-order valence-electron chi connectivity index (χ4n) is 7.61. The Labute approximate surface area is 209 Å². The molecule has 4 atom stereocenters. The van der Waals surface area contributed by atoms with Crippen LogP contribution >= 0.6 is 0 Å². The van der Waals surface area contributed by atoms with Crippen molar-refractivity contribution in [1.29, 1.82) is 0 Å². The molecule has 176 valence electrons. The van der Waals surface area contributed by atoms with Crippen LogP contribution in [0.1, 0.15) is 43.0 Å². The van der Waals surface area contributed by atoms with Gasteiger partial charge in [-0.1, -0.05) is 72.8 Å². The molecule has 3 aliphatic rings. The van der Waals surface area contributed by atoms with Crippen molar-refractivity contribution in [1.82, 2.24) is 0 Å². The molecule has 1 fully saturated rings. The van der Waals surface area contributed by atoms with Crippen LogP contribution in [0.15, 0.2) is 97.1 Å².